The predicted molar refractivity (Wildman–Crippen MR) is 31.9 cm³/mol. The minimum atomic E-state index is -2.67. The van der Waals surface area contributed by atoms with E-state index >= 15 is 0 Å². The maximum atomic E-state index is 9.63. The van der Waals surface area contributed by atoms with E-state index in [1.807, 2.05) is 0 Å². The zero-order valence-electron chi connectivity index (χ0n) is 3.93. The number of hydrogen-bond acceptors (Lipinski definition) is 2. The van der Waals surface area contributed by atoms with Gasteiger partial charge < -0.3 is 0 Å². The van der Waals surface area contributed by atoms with E-state index in [0.717, 1.165) is 12.5 Å². The van der Waals surface area contributed by atoms with Crippen molar-refractivity contribution in [2.45, 2.75) is 0 Å². The van der Waals surface area contributed by atoms with Crippen molar-refractivity contribution in [3.8, 4) is 0 Å². The van der Waals surface area contributed by atoms with Crippen LogP contribution in [0.5, 0.6) is 0 Å². The van der Waals surface area contributed by atoms with Gasteiger partial charge in [-0.1, -0.05) is 0 Å². The van der Waals surface area contributed by atoms with Crippen molar-refractivity contribution in [2.75, 3.05) is 12.5 Å². The average Bonchev–Trinajstić information content (AvgIpc) is 0.722. The van der Waals surface area contributed by atoms with E-state index in [9.17, 15) is 8.42 Å². The second-order valence-electron chi connectivity index (χ2n) is 1.14. The third-order valence-electron chi connectivity index (χ3n) is 0. The van der Waals surface area contributed by atoms with Crippen LogP contribution in [-0.4, -0.2) is 20.9 Å². The number of sulfone groups is 1. The van der Waals surface area contributed by atoms with E-state index in [4.69, 9.17) is 0 Å². The second kappa shape index (κ2) is 2.54. The summed E-state index contributed by atoms with van der Waals surface area (Å²) in [4.78, 5) is 0. The molecule has 0 heterocycles. The summed E-state index contributed by atoms with van der Waals surface area (Å²) < 4.78 is 19.3. The Hall–Kier alpha value is 0.380. The van der Waals surface area contributed by atoms with Crippen molar-refractivity contribution in [1.29, 1.82) is 0 Å². The van der Waals surface area contributed by atoms with Gasteiger partial charge in [-0.2, -0.15) is 9.90 Å². The van der Waals surface area contributed by atoms with Gasteiger partial charge in [-0.15, -0.1) is 0 Å². The molecule has 0 N–H and O–H groups in total. The largest absolute Gasteiger partial charge is 0.229 e. The molecule has 0 saturated heterocycles. The first-order valence-electron chi connectivity index (χ1n) is 1.15. The highest BCUT2D eigenvalue weighted by molar-refractivity contribution is 7.89. The van der Waals surface area contributed by atoms with Gasteiger partial charge in [-0.25, -0.2) is 8.42 Å². The van der Waals surface area contributed by atoms with Crippen molar-refractivity contribution in [3.63, 3.8) is 0 Å². The van der Waals surface area contributed by atoms with Crippen LogP contribution in [0, 0.1) is 0 Å². The molecule has 0 aliphatic carbocycles. The molecular formula is C2H9O2PS. The lowest BCUT2D eigenvalue weighted by Crippen LogP contribution is -1.86. The van der Waals surface area contributed by atoms with Gasteiger partial charge in [0.1, 0.15) is 9.84 Å². The zero-order chi connectivity index (χ0) is 4.50. The lowest BCUT2D eigenvalue weighted by molar-refractivity contribution is 0.607. The molecule has 1 unspecified atom stereocenters. The van der Waals surface area contributed by atoms with Crippen LogP contribution in [0.4, 0.5) is 0 Å². The van der Waals surface area contributed by atoms with Gasteiger partial charge in [0.25, 0.3) is 0 Å². The molecule has 0 spiro atoms. The standard InChI is InChI=1S/C2H6O2S.H3P/c1-5(2,3)4;/h1-2H3;1H3. The normalized spacial score (nSPS) is 9.67. The molecule has 4 heteroatoms. The Morgan fingerprint density at radius 2 is 1.17 bits per heavy atom. The highest BCUT2D eigenvalue weighted by atomic mass is 32.2. The molecule has 0 amide bonds. The van der Waals surface area contributed by atoms with E-state index in [1.54, 1.807) is 0 Å². The molecule has 0 aromatic heterocycles. The topological polar surface area (TPSA) is 34.1 Å². The van der Waals surface area contributed by atoms with Gasteiger partial charge >= 0.3 is 0 Å². The Morgan fingerprint density at radius 3 is 1.17 bits per heavy atom. The molecular weight excluding hydrogens is 119 g/mol. The summed E-state index contributed by atoms with van der Waals surface area (Å²) >= 11 is 0. The van der Waals surface area contributed by atoms with Crippen LogP contribution in [0.1, 0.15) is 0 Å². The molecule has 0 saturated carbocycles. The van der Waals surface area contributed by atoms with Gasteiger partial charge in [0, 0.05) is 12.5 Å². The van der Waals surface area contributed by atoms with Crippen LogP contribution in [0.2, 0.25) is 0 Å². The highest BCUT2D eigenvalue weighted by Crippen LogP contribution is 1.61. The molecule has 0 aromatic rings. The summed E-state index contributed by atoms with van der Waals surface area (Å²) in [6, 6.07) is 0. The fourth-order valence-electron chi connectivity index (χ4n) is 0. The van der Waals surface area contributed by atoms with Gasteiger partial charge in [0.05, 0.1) is 0 Å². The maximum Gasteiger partial charge on any atom is 0.144 e. The van der Waals surface area contributed by atoms with Crippen LogP contribution in [0.3, 0.4) is 0 Å². The molecule has 0 fully saturated rings. The van der Waals surface area contributed by atoms with Gasteiger partial charge in [0.2, 0.25) is 0 Å². The molecule has 0 aliphatic heterocycles. The van der Waals surface area contributed by atoms with Crippen LogP contribution in [0.25, 0.3) is 0 Å². The smallest absolute Gasteiger partial charge is 0.144 e. The summed E-state index contributed by atoms with van der Waals surface area (Å²) in [5.74, 6) is 0. The van der Waals surface area contributed by atoms with E-state index in [0.29, 0.717) is 0 Å². The fraction of sp³-hybridized carbons (Fsp3) is 1.00. The lowest BCUT2D eigenvalue weighted by Gasteiger charge is -1.69. The van der Waals surface area contributed by atoms with Crippen LogP contribution in [0.15, 0.2) is 0 Å². The average molecular weight is 128 g/mol. The SMILES string of the molecule is CS(C)(=O)=O.P. The molecule has 1 atom stereocenters. The molecule has 0 aliphatic rings. The summed E-state index contributed by atoms with van der Waals surface area (Å²) in [5.41, 5.74) is 0. The molecule has 0 rings (SSSR count). The van der Waals surface area contributed by atoms with Crippen LogP contribution < -0.4 is 0 Å². The van der Waals surface area contributed by atoms with Gasteiger partial charge in [-0.3, -0.25) is 0 Å². The van der Waals surface area contributed by atoms with Gasteiger partial charge in [0.15, 0.2) is 0 Å². The van der Waals surface area contributed by atoms with Crippen molar-refractivity contribution in [1.82, 2.24) is 0 Å². The molecule has 6 heavy (non-hydrogen) atoms. The minimum Gasteiger partial charge on any atom is -0.229 e. The van der Waals surface area contributed by atoms with Crippen molar-refractivity contribution < 1.29 is 8.42 Å². The summed E-state index contributed by atoms with van der Waals surface area (Å²) in [6.45, 7) is 0. The Kier molecular flexibility index (Phi) is 4.07. The fourth-order valence-corrected chi connectivity index (χ4v) is 0. The monoisotopic (exact) mass is 128 g/mol. The first-order valence-corrected chi connectivity index (χ1v) is 3.45. The van der Waals surface area contributed by atoms with E-state index in [-0.39, 0.29) is 9.90 Å². The van der Waals surface area contributed by atoms with Crippen molar-refractivity contribution in [3.05, 3.63) is 0 Å². The maximum absolute atomic E-state index is 9.63. The predicted octanol–water partition coefficient (Wildman–Crippen LogP) is -0.281. The molecule has 0 aromatic carbocycles. The van der Waals surface area contributed by atoms with Crippen LogP contribution >= 0.6 is 9.90 Å². The number of rotatable bonds is 0. The minimum absolute atomic E-state index is 0. The molecule has 0 bridgehead atoms. The van der Waals surface area contributed by atoms with E-state index in [1.165, 1.54) is 0 Å². The van der Waals surface area contributed by atoms with E-state index < -0.39 is 9.84 Å². The van der Waals surface area contributed by atoms with Gasteiger partial charge in [-0.05, 0) is 0 Å². The third kappa shape index (κ3) is 347. The molecule has 40 valence electrons. The second-order valence-corrected chi connectivity index (χ2v) is 3.43. The third-order valence-corrected chi connectivity index (χ3v) is 0. The molecule has 2 nitrogen and oxygen atoms in total. The lowest BCUT2D eigenvalue weighted by atomic mass is 11.9. The Bertz CT molecular complexity index is 94.7. The summed E-state index contributed by atoms with van der Waals surface area (Å²) in [5, 5.41) is 0. The van der Waals surface area contributed by atoms with Crippen molar-refractivity contribution >= 4 is 19.7 Å². The number of hydrogen-bond donors (Lipinski definition) is 0. The van der Waals surface area contributed by atoms with Crippen LogP contribution in [-0.2, 0) is 9.84 Å². The summed E-state index contributed by atoms with van der Waals surface area (Å²) in [6.07, 6.45) is 2.32. The highest BCUT2D eigenvalue weighted by Gasteiger charge is 1.79. The van der Waals surface area contributed by atoms with Crippen molar-refractivity contribution in [2.24, 2.45) is 0 Å². The Morgan fingerprint density at radius 1 is 1.17 bits per heavy atom. The van der Waals surface area contributed by atoms with E-state index in [2.05, 4.69) is 0 Å². The quantitative estimate of drug-likeness (QED) is 0.420. The first-order chi connectivity index (χ1) is 2.00. The zero-order valence-corrected chi connectivity index (χ0v) is 6.16. The summed E-state index contributed by atoms with van der Waals surface area (Å²) in [7, 11) is -2.67. The Balaban J connectivity index is 0. The Labute approximate surface area is 41.5 Å². The first kappa shape index (κ1) is 9.63. The molecule has 0 radical (unpaired) electrons.